The lowest BCUT2D eigenvalue weighted by atomic mass is 9.79. The lowest BCUT2D eigenvalue weighted by Crippen LogP contribution is -2.09. The fourth-order valence-electron chi connectivity index (χ4n) is 2.05. The van der Waals surface area contributed by atoms with E-state index in [0.29, 0.717) is 23.0 Å². The van der Waals surface area contributed by atoms with E-state index in [1.165, 1.54) is 24.8 Å². The SMILES string of the molecule is COc1cc(C2CCC2)cc(OC)c1C=O. The van der Waals surface area contributed by atoms with Gasteiger partial charge in [0.15, 0.2) is 6.29 Å². The Morgan fingerprint density at radius 3 is 2.06 bits per heavy atom. The third-order valence-electron chi connectivity index (χ3n) is 3.26. The van der Waals surface area contributed by atoms with E-state index in [1.807, 2.05) is 12.1 Å². The van der Waals surface area contributed by atoms with Crippen LogP contribution in [0.5, 0.6) is 11.5 Å². The molecule has 1 aromatic rings. The van der Waals surface area contributed by atoms with E-state index in [0.717, 1.165) is 6.29 Å². The summed E-state index contributed by atoms with van der Waals surface area (Å²) in [5.74, 6) is 1.82. The highest BCUT2D eigenvalue weighted by Crippen LogP contribution is 2.40. The second kappa shape index (κ2) is 4.56. The molecule has 0 atom stereocenters. The standard InChI is InChI=1S/C13H16O3/c1-15-12-6-10(9-4-3-5-9)7-13(16-2)11(12)8-14/h6-9H,3-5H2,1-2H3. The van der Waals surface area contributed by atoms with Crippen LogP contribution < -0.4 is 9.47 Å². The molecule has 1 saturated carbocycles. The quantitative estimate of drug-likeness (QED) is 0.732. The van der Waals surface area contributed by atoms with Crippen LogP contribution in [0.2, 0.25) is 0 Å². The summed E-state index contributed by atoms with van der Waals surface area (Å²) in [6.45, 7) is 0. The molecular weight excluding hydrogens is 204 g/mol. The highest BCUT2D eigenvalue weighted by atomic mass is 16.5. The van der Waals surface area contributed by atoms with Gasteiger partial charge in [-0.2, -0.15) is 0 Å². The van der Waals surface area contributed by atoms with Crippen LogP contribution >= 0.6 is 0 Å². The molecule has 0 heterocycles. The van der Waals surface area contributed by atoms with E-state index in [1.54, 1.807) is 14.2 Å². The highest BCUT2D eigenvalue weighted by Gasteiger charge is 2.22. The van der Waals surface area contributed by atoms with E-state index in [4.69, 9.17) is 9.47 Å². The summed E-state index contributed by atoms with van der Waals surface area (Å²) < 4.78 is 10.5. The number of aldehydes is 1. The number of benzene rings is 1. The van der Waals surface area contributed by atoms with Crippen LogP contribution in [0.4, 0.5) is 0 Å². The molecule has 0 spiro atoms. The smallest absolute Gasteiger partial charge is 0.157 e. The summed E-state index contributed by atoms with van der Waals surface area (Å²) in [4.78, 5) is 11.0. The van der Waals surface area contributed by atoms with Crippen LogP contribution in [0.25, 0.3) is 0 Å². The number of ether oxygens (including phenoxy) is 2. The van der Waals surface area contributed by atoms with Gasteiger partial charge < -0.3 is 9.47 Å². The Hall–Kier alpha value is -1.51. The van der Waals surface area contributed by atoms with Crippen LogP contribution in [0.3, 0.4) is 0 Å². The third kappa shape index (κ3) is 1.77. The second-order valence-electron chi connectivity index (χ2n) is 4.08. The first kappa shape index (κ1) is 11.0. The van der Waals surface area contributed by atoms with Crippen molar-refractivity contribution in [2.75, 3.05) is 14.2 Å². The van der Waals surface area contributed by atoms with Gasteiger partial charge in [-0.25, -0.2) is 0 Å². The lowest BCUT2D eigenvalue weighted by molar-refractivity contribution is 0.111. The summed E-state index contributed by atoms with van der Waals surface area (Å²) >= 11 is 0. The van der Waals surface area contributed by atoms with Crippen molar-refractivity contribution in [2.45, 2.75) is 25.2 Å². The molecule has 0 aromatic heterocycles. The Labute approximate surface area is 95.4 Å². The Kier molecular flexibility index (Phi) is 3.13. The fraction of sp³-hybridized carbons (Fsp3) is 0.462. The maximum absolute atomic E-state index is 11.0. The van der Waals surface area contributed by atoms with Crippen LogP contribution in [0, 0.1) is 0 Å². The van der Waals surface area contributed by atoms with Gasteiger partial charge in [0, 0.05) is 0 Å². The number of hydrogen-bond donors (Lipinski definition) is 0. The Morgan fingerprint density at radius 1 is 1.19 bits per heavy atom. The van der Waals surface area contributed by atoms with Gasteiger partial charge in [-0.05, 0) is 36.5 Å². The van der Waals surface area contributed by atoms with Gasteiger partial charge in [0.25, 0.3) is 0 Å². The first-order valence-corrected chi connectivity index (χ1v) is 5.51. The van der Waals surface area contributed by atoms with Gasteiger partial charge in [-0.1, -0.05) is 6.42 Å². The van der Waals surface area contributed by atoms with Crippen molar-refractivity contribution < 1.29 is 14.3 Å². The average molecular weight is 220 g/mol. The molecule has 3 nitrogen and oxygen atoms in total. The minimum atomic E-state index is 0.494. The topological polar surface area (TPSA) is 35.5 Å². The number of methoxy groups -OCH3 is 2. The second-order valence-corrected chi connectivity index (χ2v) is 4.08. The molecule has 0 N–H and O–H groups in total. The molecule has 3 heteroatoms. The number of rotatable bonds is 4. The molecule has 0 radical (unpaired) electrons. The van der Waals surface area contributed by atoms with Crippen LogP contribution in [-0.2, 0) is 0 Å². The van der Waals surface area contributed by atoms with Gasteiger partial charge >= 0.3 is 0 Å². The van der Waals surface area contributed by atoms with Crippen molar-refractivity contribution in [1.29, 1.82) is 0 Å². The normalized spacial score (nSPS) is 15.4. The van der Waals surface area contributed by atoms with E-state index in [-0.39, 0.29) is 0 Å². The number of carbonyl (C=O) groups is 1. The van der Waals surface area contributed by atoms with Gasteiger partial charge in [0.2, 0.25) is 0 Å². The maximum Gasteiger partial charge on any atom is 0.157 e. The lowest BCUT2D eigenvalue weighted by Gasteiger charge is -2.26. The largest absolute Gasteiger partial charge is 0.496 e. The zero-order valence-electron chi connectivity index (χ0n) is 9.66. The Balaban J connectivity index is 2.44. The van der Waals surface area contributed by atoms with Gasteiger partial charge in [0.05, 0.1) is 19.8 Å². The molecule has 2 rings (SSSR count). The van der Waals surface area contributed by atoms with E-state index >= 15 is 0 Å². The zero-order valence-corrected chi connectivity index (χ0v) is 9.66. The molecule has 1 aromatic carbocycles. The number of hydrogen-bond acceptors (Lipinski definition) is 3. The summed E-state index contributed by atoms with van der Waals surface area (Å²) in [6, 6.07) is 3.91. The highest BCUT2D eigenvalue weighted by molar-refractivity contribution is 5.84. The van der Waals surface area contributed by atoms with Crippen molar-refractivity contribution in [2.24, 2.45) is 0 Å². The summed E-state index contributed by atoms with van der Waals surface area (Å²) in [6.07, 6.45) is 4.49. The summed E-state index contributed by atoms with van der Waals surface area (Å²) in [5.41, 5.74) is 1.71. The molecule has 0 amide bonds. The first-order chi connectivity index (χ1) is 7.80. The van der Waals surface area contributed by atoms with Crippen LogP contribution in [0.15, 0.2) is 12.1 Å². The van der Waals surface area contributed by atoms with Crippen molar-refractivity contribution in [3.8, 4) is 11.5 Å². The molecule has 0 aliphatic heterocycles. The predicted molar refractivity (Wildman–Crippen MR) is 61.5 cm³/mol. The third-order valence-corrected chi connectivity index (χ3v) is 3.26. The first-order valence-electron chi connectivity index (χ1n) is 5.51. The Bertz CT molecular complexity index is 369. The van der Waals surface area contributed by atoms with Gasteiger partial charge in [-0.3, -0.25) is 4.79 Å². The summed E-state index contributed by atoms with van der Waals surface area (Å²) in [5, 5.41) is 0. The van der Waals surface area contributed by atoms with Crippen molar-refractivity contribution in [3.63, 3.8) is 0 Å². The number of carbonyl (C=O) groups excluding carboxylic acids is 1. The Morgan fingerprint density at radius 2 is 1.75 bits per heavy atom. The molecule has 0 bridgehead atoms. The van der Waals surface area contributed by atoms with E-state index < -0.39 is 0 Å². The minimum absolute atomic E-state index is 0.494. The molecule has 86 valence electrons. The molecule has 1 aliphatic rings. The van der Waals surface area contributed by atoms with Crippen molar-refractivity contribution >= 4 is 6.29 Å². The molecular formula is C13H16O3. The minimum Gasteiger partial charge on any atom is -0.496 e. The molecule has 1 fully saturated rings. The van der Waals surface area contributed by atoms with Crippen molar-refractivity contribution in [3.05, 3.63) is 23.3 Å². The van der Waals surface area contributed by atoms with E-state index in [2.05, 4.69) is 0 Å². The molecule has 16 heavy (non-hydrogen) atoms. The van der Waals surface area contributed by atoms with Gasteiger partial charge in [-0.15, -0.1) is 0 Å². The molecule has 0 unspecified atom stereocenters. The van der Waals surface area contributed by atoms with Crippen LogP contribution in [-0.4, -0.2) is 20.5 Å². The van der Waals surface area contributed by atoms with Crippen molar-refractivity contribution in [1.82, 2.24) is 0 Å². The van der Waals surface area contributed by atoms with Crippen LogP contribution in [0.1, 0.15) is 41.1 Å². The summed E-state index contributed by atoms with van der Waals surface area (Å²) in [7, 11) is 3.15. The van der Waals surface area contributed by atoms with E-state index in [9.17, 15) is 4.79 Å². The fourth-order valence-corrected chi connectivity index (χ4v) is 2.05. The molecule has 1 aliphatic carbocycles. The molecule has 0 saturated heterocycles. The predicted octanol–water partition coefficient (Wildman–Crippen LogP) is 2.78. The monoisotopic (exact) mass is 220 g/mol. The maximum atomic E-state index is 11.0. The van der Waals surface area contributed by atoms with Gasteiger partial charge in [0.1, 0.15) is 11.5 Å². The average Bonchev–Trinajstić information content (AvgIpc) is 2.25. The zero-order chi connectivity index (χ0) is 11.5.